The minimum Gasteiger partial charge on any atom is -0.456 e. The average Bonchev–Trinajstić information content (AvgIpc) is 3.98. The van der Waals surface area contributed by atoms with Crippen LogP contribution in [0.5, 0.6) is 0 Å². The monoisotopic (exact) mass is 775 g/mol. The summed E-state index contributed by atoms with van der Waals surface area (Å²) in [4.78, 5) is 2.45. The lowest BCUT2D eigenvalue weighted by molar-refractivity contribution is 0.669. The molecule has 12 rings (SSSR count). The SMILES string of the molecule is c1ccc(-c2cc(-c3ccccc3)c3c(c2)sc2ccc(N(c4ccc5c(c4)oc4ccccc45)c4ccc(-c5ccccc5)c5sc6ccccc6c45)cc23)cc1. The summed E-state index contributed by atoms with van der Waals surface area (Å²) in [6.07, 6.45) is 0. The van der Waals surface area contributed by atoms with E-state index < -0.39 is 0 Å². The van der Waals surface area contributed by atoms with Crippen LogP contribution >= 0.6 is 22.7 Å². The summed E-state index contributed by atoms with van der Waals surface area (Å²) in [5.74, 6) is 0. The number of anilines is 3. The van der Waals surface area contributed by atoms with E-state index in [0.29, 0.717) is 0 Å². The summed E-state index contributed by atoms with van der Waals surface area (Å²) < 4.78 is 11.6. The van der Waals surface area contributed by atoms with Gasteiger partial charge in [0.1, 0.15) is 11.2 Å². The fourth-order valence-electron chi connectivity index (χ4n) is 8.80. The number of furan rings is 1. The first-order chi connectivity index (χ1) is 28.7. The highest BCUT2D eigenvalue weighted by molar-refractivity contribution is 7.26. The Morgan fingerprint density at radius 3 is 1.76 bits per heavy atom. The molecule has 3 heterocycles. The van der Waals surface area contributed by atoms with Crippen molar-refractivity contribution in [2.24, 2.45) is 0 Å². The normalized spacial score (nSPS) is 11.8. The molecule has 0 N–H and O–H groups in total. The average molecular weight is 776 g/mol. The Kier molecular flexibility index (Phi) is 7.62. The van der Waals surface area contributed by atoms with Crippen molar-refractivity contribution in [3.63, 3.8) is 0 Å². The predicted molar refractivity (Wildman–Crippen MR) is 250 cm³/mol. The topological polar surface area (TPSA) is 16.4 Å². The van der Waals surface area contributed by atoms with Gasteiger partial charge < -0.3 is 9.32 Å². The smallest absolute Gasteiger partial charge is 0.137 e. The summed E-state index contributed by atoms with van der Waals surface area (Å²) >= 11 is 3.74. The van der Waals surface area contributed by atoms with Crippen molar-refractivity contribution in [2.75, 3.05) is 4.90 Å². The Hall–Kier alpha value is -6.98. The van der Waals surface area contributed by atoms with Gasteiger partial charge in [0, 0.05) is 68.6 Å². The molecule has 12 aromatic rings. The first kappa shape index (κ1) is 33.2. The van der Waals surface area contributed by atoms with Crippen LogP contribution in [0.1, 0.15) is 0 Å². The Morgan fingerprint density at radius 1 is 0.345 bits per heavy atom. The van der Waals surface area contributed by atoms with E-state index in [4.69, 9.17) is 4.42 Å². The molecule has 0 fully saturated rings. The number of hydrogen-bond acceptors (Lipinski definition) is 4. The highest BCUT2D eigenvalue weighted by atomic mass is 32.1. The van der Waals surface area contributed by atoms with E-state index in [1.807, 2.05) is 28.7 Å². The number of para-hydroxylation sites is 1. The van der Waals surface area contributed by atoms with Crippen molar-refractivity contribution >= 4 is 102 Å². The summed E-state index contributed by atoms with van der Waals surface area (Å²) in [7, 11) is 0. The van der Waals surface area contributed by atoms with E-state index in [1.165, 1.54) is 73.7 Å². The van der Waals surface area contributed by atoms with Crippen molar-refractivity contribution in [3.05, 3.63) is 200 Å². The number of thiophene rings is 2. The van der Waals surface area contributed by atoms with E-state index in [-0.39, 0.29) is 0 Å². The highest BCUT2D eigenvalue weighted by Gasteiger charge is 2.23. The van der Waals surface area contributed by atoms with Crippen molar-refractivity contribution < 1.29 is 4.42 Å². The Morgan fingerprint density at radius 2 is 0.966 bits per heavy atom. The quantitative estimate of drug-likeness (QED) is 0.167. The van der Waals surface area contributed by atoms with Crippen LogP contribution in [-0.2, 0) is 0 Å². The lowest BCUT2D eigenvalue weighted by Gasteiger charge is -2.27. The second-order valence-electron chi connectivity index (χ2n) is 14.8. The predicted octanol–water partition coefficient (Wildman–Crippen LogP) is 16.8. The van der Waals surface area contributed by atoms with Crippen molar-refractivity contribution in [1.29, 1.82) is 0 Å². The summed E-state index contributed by atoms with van der Waals surface area (Å²) in [6, 6.07) is 72.6. The molecule has 0 unspecified atom stereocenters. The molecule has 0 saturated carbocycles. The van der Waals surface area contributed by atoms with Crippen LogP contribution in [0.2, 0.25) is 0 Å². The van der Waals surface area contributed by atoms with Gasteiger partial charge in [0.2, 0.25) is 0 Å². The fraction of sp³-hybridized carbons (Fsp3) is 0. The van der Waals surface area contributed by atoms with Gasteiger partial charge in [-0.1, -0.05) is 133 Å². The zero-order chi connectivity index (χ0) is 38.2. The summed E-state index contributed by atoms with van der Waals surface area (Å²) in [5, 5.41) is 7.28. The molecule has 4 heteroatoms. The third kappa shape index (κ3) is 5.30. The van der Waals surface area contributed by atoms with Crippen molar-refractivity contribution in [1.82, 2.24) is 0 Å². The number of fused-ring (bicyclic) bond motifs is 9. The highest BCUT2D eigenvalue weighted by Crippen LogP contribution is 2.50. The molecule has 0 bridgehead atoms. The molecule has 9 aromatic carbocycles. The Bertz CT molecular complexity index is 3510. The van der Waals surface area contributed by atoms with Gasteiger partial charge in [-0.05, 0) is 94.0 Å². The van der Waals surface area contributed by atoms with Crippen LogP contribution in [0, 0.1) is 0 Å². The van der Waals surface area contributed by atoms with Crippen LogP contribution in [0.25, 0.3) is 95.7 Å². The van der Waals surface area contributed by atoms with Gasteiger partial charge >= 0.3 is 0 Å². The third-order valence-corrected chi connectivity index (χ3v) is 13.8. The number of nitrogens with zero attached hydrogens (tertiary/aromatic N) is 1. The van der Waals surface area contributed by atoms with Gasteiger partial charge in [0.25, 0.3) is 0 Å². The van der Waals surface area contributed by atoms with Crippen LogP contribution in [-0.4, -0.2) is 0 Å². The fourth-order valence-corrected chi connectivity index (χ4v) is 11.2. The zero-order valence-corrected chi connectivity index (χ0v) is 32.9. The first-order valence-corrected chi connectivity index (χ1v) is 21.2. The number of benzene rings is 9. The molecule has 0 amide bonds. The van der Waals surface area contributed by atoms with Crippen molar-refractivity contribution in [3.8, 4) is 33.4 Å². The largest absolute Gasteiger partial charge is 0.456 e. The second-order valence-corrected chi connectivity index (χ2v) is 17.0. The van der Waals surface area contributed by atoms with Crippen LogP contribution in [0.15, 0.2) is 205 Å². The van der Waals surface area contributed by atoms with Gasteiger partial charge in [-0.25, -0.2) is 0 Å². The maximum absolute atomic E-state index is 6.54. The number of hydrogen-bond donors (Lipinski definition) is 0. The van der Waals surface area contributed by atoms with Gasteiger partial charge in [-0.3, -0.25) is 0 Å². The molecule has 0 atom stereocenters. The second kappa shape index (κ2) is 13.3. The molecule has 2 nitrogen and oxygen atoms in total. The minimum atomic E-state index is 0.873. The lowest BCUT2D eigenvalue weighted by Crippen LogP contribution is -2.10. The Labute approximate surface area is 343 Å². The van der Waals surface area contributed by atoms with Gasteiger partial charge in [0.15, 0.2) is 0 Å². The Balaban J connectivity index is 1.15. The molecule has 0 aliphatic carbocycles. The van der Waals surface area contributed by atoms with E-state index >= 15 is 0 Å². The van der Waals surface area contributed by atoms with E-state index in [2.05, 4.69) is 199 Å². The molecule has 0 saturated heterocycles. The van der Waals surface area contributed by atoms with Crippen molar-refractivity contribution in [2.45, 2.75) is 0 Å². The molecule has 0 aliphatic heterocycles. The molecule has 3 aromatic heterocycles. The van der Waals surface area contributed by atoms with Gasteiger partial charge in [-0.2, -0.15) is 0 Å². The van der Waals surface area contributed by atoms with E-state index in [1.54, 1.807) is 0 Å². The van der Waals surface area contributed by atoms with Crippen LogP contribution < -0.4 is 4.90 Å². The number of rotatable bonds is 6. The third-order valence-electron chi connectivity index (χ3n) is 11.5. The van der Waals surface area contributed by atoms with E-state index in [0.717, 1.165) is 39.0 Å². The molecular weight excluding hydrogens is 743 g/mol. The molecular formula is C54H33NOS2. The lowest BCUT2D eigenvalue weighted by atomic mass is 9.94. The summed E-state index contributed by atoms with van der Waals surface area (Å²) in [6.45, 7) is 0. The summed E-state index contributed by atoms with van der Waals surface area (Å²) in [5.41, 5.74) is 12.4. The maximum atomic E-state index is 6.54. The molecule has 0 aliphatic rings. The standard InChI is InChI=1S/C54H33NOS2/c1-4-14-34(15-5-1)37-30-44(36-18-8-3-9-19-36)52-45-32-38(25-29-50(45)57-51(52)31-37)55(39-24-26-42-41-20-10-12-22-47(41)56-48(42)33-39)46-28-27-40(35-16-6-2-7-17-35)54-53(46)43-21-11-13-23-49(43)58-54/h1-33H. The maximum Gasteiger partial charge on any atom is 0.137 e. The molecule has 0 spiro atoms. The minimum absolute atomic E-state index is 0.873. The molecule has 0 radical (unpaired) electrons. The molecule has 58 heavy (non-hydrogen) atoms. The van der Waals surface area contributed by atoms with Crippen LogP contribution in [0.4, 0.5) is 17.1 Å². The van der Waals surface area contributed by atoms with Gasteiger partial charge in [-0.15, -0.1) is 22.7 Å². The van der Waals surface area contributed by atoms with Gasteiger partial charge in [0.05, 0.1) is 5.69 Å². The van der Waals surface area contributed by atoms with E-state index in [9.17, 15) is 0 Å². The first-order valence-electron chi connectivity index (χ1n) is 19.6. The van der Waals surface area contributed by atoms with Crippen LogP contribution in [0.3, 0.4) is 0 Å². The molecule has 272 valence electrons. The zero-order valence-electron chi connectivity index (χ0n) is 31.2.